The summed E-state index contributed by atoms with van der Waals surface area (Å²) in [6.45, 7) is 0. The van der Waals surface area contributed by atoms with Gasteiger partial charge in [0.05, 0.1) is 5.69 Å². The van der Waals surface area contributed by atoms with Gasteiger partial charge in [-0.15, -0.1) is 11.3 Å². The first-order chi connectivity index (χ1) is 28.2. The molecule has 0 saturated carbocycles. The number of hydrogen-bond acceptors (Lipinski definition) is 3. The fraction of sp³-hybridized carbons (Fsp3) is 0. The van der Waals surface area contributed by atoms with E-state index in [1.165, 1.54) is 48.0 Å². The second kappa shape index (κ2) is 13.8. The number of nitrogens with zero attached hydrogens (tertiary/aromatic N) is 1. The van der Waals surface area contributed by atoms with Crippen LogP contribution in [0.3, 0.4) is 0 Å². The fourth-order valence-corrected chi connectivity index (χ4v) is 9.34. The van der Waals surface area contributed by atoms with Gasteiger partial charge >= 0.3 is 0 Å². The zero-order chi connectivity index (χ0) is 37.7. The van der Waals surface area contributed by atoms with Crippen molar-refractivity contribution in [3.8, 4) is 44.5 Å². The molecule has 2 nitrogen and oxygen atoms in total. The summed E-state index contributed by atoms with van der Waals surface area (Å²) in [5.41, 5.74) is 14.2. The first kappa shape index (κ1) is 33.2. The molecule has 0 aliphatic carbocycles. The molecule has 0 atom stereocenters. The third kappa shape index (κ3) is 5.88. The highest BCUT2D eigenvalue weighted by atomic mass is 32.1. The van der Waals surface area contributed by atoms with Crippen molar-refractivity contribution in [2.75, 3.05) is 4.90 Å². The van der Waals surface area contributed by atoms with Crippen molar-refractivity contribution < 1.29 is 4.42 Å². The number of hydrogen-bond donors (Lipinski definition) is 0. The van der Waals surface area contributed by atoms with Gasteiger partial charge in [-0.1, -0.05) is 158 Å². The lowest BCUT2D eigenvalue weighted by Gasteiger charge is -2.28. The monoisotopic (exact) mass is 745 g/mol. The molecule has 2 aromatic heterocycles. The number of para-hydroxylation sites is 1. The Morgan fingerprint density at radius 2 is 0.825 bits per heavy atom. The Kier molecular flexibility index (Phi) is 8.04. The van der Waals surface area contributed by atoms with E-state index in [0.29, 0.717) is 0 Å². The molecule has 0 unspecified atom stereocenters. The van der Waals surface area contributed by atoms with Crippen LogP contribution >= 0.6 is 11.3 Å². The van der Waals surface area contributed by atoms with Crippen molar-refractivity contribution in [1.82, 2.24) is 0 Å². The van der Waals surface area contributed by atoms with E-state index in [1.807, 2.05) is 17.4 Å². The Labute approximate surface area is 335 Å². The average molecular weight is 746 g/mol. The zero-order valence-electron chi connectivity index (χ0n) is 31.0. The lowest BCUT2D eigenvalue weighted by Crippen LogP contribution is -2.11. The summed E-state index contributed by atoms with van der Waals surface area (Å²) < 4.78 is 9.46. The van der Waals surface area contributed by atoms with E-state index in [0.717, 1.165) is 55.7 Å². The van der Waals surface area contributed by atoms with E-state index in [1.54, 1.807) is 0 Å². The lowest BCUT2D eigenvalue weighted by atomic mass is 9.97. The summed E-state index contributed by atoms with van der Waals surface area (Å²) in [4.78, 5) is 2.37. The smallest absolute Gasteiger partial charge is 0.160 e. The predicted octanol–water partition coefficient (Wildman–Crippen LogP) is 16.1. The summed E-state index contributed by atoms with van der Waals surface area (Å²) in [6.07, 6.45) is 0. The lowest BCUT2D eigenvalue weighted by molar-refractivity contribution is 0.669. The van der Waals surface area contributed by atoms with Crippen LogP contribution in [0.25, 0.3) is 86.6 Å². The number of furan rings is 1. The quantitative estimate of drug-likeness (QED) is 0.162. The minimum Gasteiger partial charge on any atom is -0.454 e. The van der Waals surface area contributed by atoms with Crippen LogP contribution in [0.1, 0.15) is 0 Å². The standard InChI is InChI=1S/C54H35NOS/c1-3-11-36(12-4-1)37-19-21-38(22-20-37)39-23-28-43(29-24-39)55(44-30-25-40(26-31-44)42-27-34-52-49(35-42)47-16-8-10-18-51(47)57-52)53-45(41-13-5-2-6-14-41)32-33-48-46-15-7-9-17-50(46)56-54(48)53/h1-35H. The van der Waals surface area contributed by atoms with Gasteiger partial charge in [-0.2, -0.15) is 0 Å². The van der Waals surface area contributed by atoms with Gasteiger partial charge in [0.1, 0.15) is 5.58 Å². The Balaban J connectivity index is 1.06. The molecule has 0 radical (unpaired) electrons. The molecule has 57 heavy (non-hydrogen) atoms. The number of rotatable bonds is 7. The molecule has 268 valence electrons. The van der Waals surface area contributed by atoms with Crippen LogP contribution in [-0.2, 0) is 0 Å². The van der Waals surface area contributed by atoms with Gasteiger partial charge in [-0.05, 0) is 93.5 Å². The number of anilines is 3. The van der Waals surface area contributed by atoms with Crippen LogP contribution in [0.2, 0.25) is 0 Å². The van der Waals surface area contributed by atoms with Gasteiger partial charge < -0.3 is 9.32 Å². The maximum absolute atomic E-state index is 6.83. The maximum atomic E-state index is 6.83. The van der Waals surface area contributed by atoms with Crippen molar-refractivity contribution in [1.29, 1.82) is 0 Å². The highest BCUT2D eigenvalue weighted by Crippen LogP contribution is 2.48. The summed E-state index contributed by atoms with van der Waals surface area (Å²) >= 11 is 1.85. The van der Waals surface area contributed by atoms with Gasteiger partial charge in [0.2, 0.25) is 0 Å². The minimum atomic E-state index is 0.858. The first-order valence-electron chi connectivity index (χ1n) is 19.3. The van der Waals surface area contributed by atoms with Crippen LogP contribution in [0.15, 0.2) is 217 Å². The maximum Gasteiger partial charge on any atom is 0.160 e. The van der Waals surface area contributed by atoms with E-state index in [-0.39, 0.29) is 0 Å². The molecule has 0 aliphatic heterocycles. The Morgan fingerprint density at radius 1 is 0.333 bits per heavy atom. The van der Waals surface area contributed by atoms with Gasteiger partial charge in [-0.3, -0.25) is 0 Å². The molecule has 0 bridgehead atoms. The minimum absolute atomic E-state index is 0.858. The largest absolute Gasteiger partial charge is 0.454 e. The third-order valence-corrected chi connectivity index (χ3v) is 12.3. The zero-order valence-corrected chi connectivity index (χ0v) is 31.8. The summed E-state index contributed by atoms with van der Waals surface area (Å²) in [6, 6.07) is 76.3. The Hall–Kier alpha value is -7.20. The average Bonchev–Trinajstić information content (AvgIpc) is 3.86. The fourth-order valence-electron chi connectivity index (χ4n) is 8.25. The van der Waals surface area contributed by atoms with E-state index in [2.05, 4.69) is 211 Å². The molecule has 2 heterocycles. The van der Waals surface area contributed by atoms with Gasteiger partial charge in [-0.25, -0.2) is 0 Å². The molecule has 0 N–H and O–H groups in total. The molecule has 0 fully saturated rings. The Morgan fingerprint density at radius 3 is 1.49 bits per heavy atom. The van der Waals surface area contributed by atoms with Crippen molar-refractivity contribution in [3.05, 3.63) is 212 Å². The van der Waals surface area contributed by atoms with E-state index >= 15 is 0 Å². The van der Waals surface area contributed by atoms with Crippen LogP contribution in [0.5, 0.6) is 0 Å². The molecule has 0 spiro atoms. The molecule has 11 aromatic rings. The van der Waals surface area contributed by atoms with Crippen molar-refractivity contribution in [3.63, 3.8) is 0 Å². The highest BCUT2D eigenvalue weighted by Gasteiger charge is 2.24. The third-order valence-electron chi connectivity index (χ3n) is 11.1. The van der Waals surface area contributed by atoms with Crippen molar-refractivity contribution >= 4 is 70.5 Å². The molecule has 0 saturated heterocycles. The van der Waals surface area contributed by atoms with Crippen LogP contribution < -0.4 is 4.90 Å². The van der Waals surface area contributed by atoms with Gasteiger partial charge in [0.25, 0.3) is 0 Å². The van der Waals surface area contributed by atoms with Crippen LogP contribution in [0, 0.1) is 0 Å². The molecular formula is C54H35NOS. The van der Waals surface area contributed by atoms with E-state index < -0.39 is 0 Å². The van der Waals surface area contributed by atoms with Crippen molar-refractivity contribution in [2.24, 2.45) is 0 Å². The molecule has 11 rings (SSSR count). The van der Waals surface area contributed by atoms with Crippen molar-refractivity contribution in [2.45, 2.75) is 0 Å². The normalized spacial score (nSPS) is 11.5. The van der Waals surface area contributed by atoms with Crippen LogP contribution in [0.4, 0.5) is 17.1 Å². The molecule has 3 heteroatoms. The molecule has 0 amide bonds. The summed E-state index contributed by atoms with van der Waals surface area (Å²) in [5.74, 6) is 0. The SMILES string of the molecule is c1ccc(-c2ccc(-c3ccc(N(c4ccc(-c5ccc6sc7ccccc7c6c5)cc4)c4c(-c5ccccc5)ccc5c4oc4ccccc45)cc3)cc2)cc1. The number of fused-ring (bicyclic) bond motifs is 6. The van der Waals surface area contributed by atoms with E-state index in [4.69, 9.17) is 4.42 Å². The molecular weight excluding hydrogens is 711 g/mol. The van der Waals surface area contributed by atoms with Gasteiger partial charge in [0.15, 0.2) is 5.58 Å². The van der Waals surface area contributed by atoms with Gasteiger partial charge in [0, 0.05) is 47.9 Å². The number of benzene rings is 9. The van der Waals surface area contributed by atoms with E-state index in [9.17, 15) is 0 Å². The second-order valence-electron chi connectivity index (χ2n) is 14.5. The second-order valence-corrected chi connectivity index (χ2v) is 15.6. The highest BCUT2D eigenvalue weighted by molar-refractivity contribution is 7.25. The number of thiophene rings is 1. The first-order valence-corrected chi connectivity index (χ1v) is 20.1. The molecule has 9 aromatic carbocycles. The summed E-state index contributed by atoms with van der Waals surface area (Å²) in [5, 5.41) is 4.81. The molecule has 0 aliphatic rings. The summed E-state index contributed by atoms with van der Waals surface area (Å²) in [7, 11) is 0. The Bertz CT molecular complexity index is 3200. The topological polar surface area (TPSA) is 16.4 Å². The predicted molar refractivity (Wildman–Crippen MR) is 243 cm³/mol. The van der Waals surface area contributed by atoms with Crippen LogP contribution in [-0.4, -0.2) is 0 Å².